The fourth-order valence-corrected chi connectivity index (χ4v) is 8.79. The highest BCUT2D eigenvalue weighted by molar-refractivity contribution is 6.42. The second-order valence-corrected chi connectivity index (χ2v) is 13.7. The molecule has 0 unspecified atom stereocenters. The SMILES string of the molecule is c1ccc(-c2ccc3c(c2)c2c(c4ccccc4n2-c2nc4c5c(cccc5n2)Oc2ccccc2-4)c2c4ccccc4c4ccccc4c32)cc1. The van der Waals surface area contributed by atoms with Crippen LogP contribution in [0.5, 0.6) is 11.5 Å². The summed E-state index contributed by atoms with van der Waals surface area (Å²) in [4.78, 5) is 10.8. The maximum absolute atomic E-state index is 6.37. The van der Waals surface area contributed by atoms with Crippen LogP contribution in [0.1, 0.15) is 0 Å². The Morgan fingerprint density at radius 3 is 1.88 bits per heavy atom. The molecule has 0 amide bonds. The van der Waals surface area contributed by atoms with Gasteiger partial charge in [-0.1, -0.05) is 127 Å². The van der Waals surface area contributed by atoms with E-state index in [0.717, 1.165) is 50.1 Å². The lowest BCUT2D eigenvalue weighted by molar-refractivity contribution is 0.486. The molecule has 0 N–H and O–H groups in total. The van der Waals surface area contributed by atoms with E-state index in [1.54, 1.807) is 0 Å². The zero-order valence-corrected chi connectivity index (χ0v) is 27.8. The third-order valence-electron chi connectivity index (χ3n) is 10.9. The fourth-order valence-electron chi connectivity index (χ4n) is 8.79. The minimum Gasteiger partial charge on any atom is -0.456 e. The Morgan fingerprint density at radius 1 is 0.404 bits per heavy atom. The molecule has 9 aromatic carbocycles. The first-order valence-corrected chi connectivity index (χ1v) is 17.7. The van der Waals surface area contributed by atoms with E-state index >= 15 is 0 Å². The standard InChI is InChI=1S/C48H27N3O/c1-2-13-28(14-3-1)29-25-26-34-37(27-29)47-44(43-33-18-7-5-16-31(33)30-15-4-6-17-32(30)42(34)43)35-19-8-10-22-39(35)51(47)48-49-38-21-12-24-41-45(38)46(50-48)36-20-9-11-23-40(36)52-41/h1-27H. The lowest BCUT2D eigenvalue weighted by Gasteiger charge is -2.21. The van der Waals surface area contributed by atoms with E-state index in [-0.39, 0.29) is 0 Å². The number of fused-ring (bicyclic) bond motifs is 15. The van der Waals surface area contributed by atoms with Gasteiger partial charge in [-0.05, 0) is 79.8 Å². The van der Waals surface area contributed by atoms with Gasteiger partial charge in [0, 0.05) is 27.1 Å². The number of aromatic nitrogens is 3. The Morgan fingerprint density at radius 2 is 1.06 bits per heavy atom. The Balaban J connectivity index is 1.35. The van der Waals surface area contributed by atoms with Gasteiger partial charge in [-0.25, -0.2) is 9.97 Å². The molecule has 12 rings (SSSR count). The summed E-state index contributed by atoms with van der Waals surface area (Å²) in [7, 11) is 0. The molecule has 0 bridgehead atoms. The van der Waals surface area contributed by atoms with Crippen molar-refractivity contribution in [1.29, 1.82) is 0 Å². The van der Waals surface area contributed by atoms with Crippen LogP contribution in [0.3, 0.4) is 0 Å². The van der Waals surface area contributed by atoms with E-state index in [1.807, 2.05) is 30.3 Å². The number of para-hydroxylation sites is 2. The summed E-state index contributed by atoms with van der Waals surface area (Å²) < 4.78 is 8.68. The van der Waals surface area contributed by atoms with Crippen LogP contribution in [0, 0.1) is 0 Å². The maximum atomic E-state index is 6.37. The summed E-state index contributed by atoms with van der Waals surface area (Å²) in [5.74, 6) is 2.22. The Kier molecular flexibility index (Phi) is 5.47. The van der Waals surface area contributed by atoms with Gasteiger partial charge in [0.1, 0.15) is 11.5 Å². The zero-order valence-electron chi connectivity index (χ0n) is 27.8. The van der Waals surface area contributed by atoms with Gasteiger partial charge in [0.05, 0.1) is 27.6 Å². The van der Waals surface area contributed by atoms with Crippen LogP contribution in [0.2, 0.25) is 0 Å². The minimum atomic E-state index is 0.637. The minimum absolute atomic E-state index is 0.637. The molecular weight excluding hydrogens is 635 g/mol. The maximum Gasteiger partial charge on any atom is 0.235 e. The Labute approximate surface area is 297 Å². The molecule has 0 atom stereocenters. The zero-order chi connectivity index (χ0) is 33.9. The van der Waals surface area contributed by atoms with Crippen molar-refractivity contribution in [2.45, 2.75) is 0 Å². The highest BCUT2D eigenvalue weighted by Crippen LogP contribution is 2.49. The molecule has 0 saturated carbocycles. The van der Waals surface area contributed by atoms with Crippen LogP contribution < -0.4 is 4.74 Å². The van der Waals surface area contributed by atoms with Crippen LogP contribution in [0.25, 0.3) is 104 Å². The third kappa shape index (κ3) is 3.65. The van der Waals surface area contributed by atoms with Crippen LogP contribution in [0.15, 0.2) is 164 Å². The predicted octanol–water partition coefficient (Wildman–Crippen LogP) is 12.8. The molecule has 1 aliphatic heterocycles. The summed E-state index contributed by atoms with van der Waals surface area (Å²) in [6.07, 6.45) is 0. The van der Waals surface area contributed by atoms with Crippen LogP contribution in [-0.4, -0.2) is 14.5 Å². The smallest absolute Gasteiger partial charge is 0.235 e. The number of hydrogen-bond donors (Lipinski definition) is 0. The molecule has 0 spiro atoms. The summed E-state index contributed by atoms with van der Waals surface area (Å²) in [6, 6.07) is 58.4. The number of benzene rings is 9. The van der Waals surface area contributed by atoms with Gasteiger partial charge in [0.2, 0.25) is 5.95 Å². The van der Waals surface area contributed by atoms with E-state index in [9.17, 15) is 0 Å². The van der Waals surface area contributed by atoms with Crippen LogP contribution in [-0.2, 0) is 0 Å². The number of ether oxygens (including phenoxy) is 1. The monoisotopic (exact) mass is 661 g/mol. The molecule has 52 heavy (non-hydrogen) atoms. The van der Waals surface area contributed by atoms with Crippen LogP contribution >= 0.6 is 0 Å². The number of hydrogen-bond acceptors (Lipinski definition) is 3. The molecule has 0 saturated heterocycles. The van der Waals surface area contributed by atoms with Crippen molar-refractivity contribution in [3.8, 4) is 39.8 Å². The first kappa shape index (κ1) is 27.7. The highest BCUT2D eigenvalue weighted by Gasteiger charge is 2.27. The van der Waals surface area contributed by atoms with Gasteiger partial charge >= 0.3 is 0 Å². The topological polar surface area (TPSA) is 39.9 Å². The van der Waals surface area contributed by atoms with E-state index in [4.69, 9.17) is 14.7 Å². The van der Waals surface area contributed by atoms with Crippen molar-refractivity contribution in [1.82, 2.24) is 14.5 Å². The van der Waals surface area contributed by atoms with Crippen molar-refractivity contribution in [3.05, 3.63) is 164 Å². The van der Waals surface area contributed by atoms with Crippen molar-refractivity contribution >= 4 is 75.8 Å². The average Bonchev–Trinajstić information content (AvgIpc) is 3.56. The number of rotatable bonds is 2. The number of nitrogens with zero attached hydrogens (tertiary/aromatic N) is 3. The van der Waals surface area contributed by atoms with Gasteiger partial charge in [0.15, 0.2) is 0 Å². The Hall–Kier alpha value is -7.04. The van der Waals surface area contributed by atoms with Crippen molar-refractivity contribution in [2.75, 3.05) is 0 Å². The molecule has 3 heterocycles. The first-order chi connectivity index (χ1) is 25.8. The van der Waals surface area contributed by atoms with Crippen molar-refractivity contribution in [3.63, 3.8) is 0 Å². The van der Waals surface area contributed by atoms with Crippen molar-refractivity contribution < 1.29 is 4.74 Å². The highest BCUT2D eigenvalue weighted by atomic mass is 16.5. The van der Waals surface area contributed by atoms with Gasteiger partial charge in [-0.2, -0.15) is 0 Å². The van der Waals surface area contributed by atoms with E-state index < -0.39 is 0 Å². The molecule has 240 valence electrons. The lowest BCUT2D eigenvalue weighted by Crippen LogP contribution is -2.06. The first-order valence-electron chi connectivity index (χ1n) is 17.7. The van der Waals surface area contributed by atoms with E-state index in [0.29, 0.717) is 5.95 Å². The average molecular weight is 662 g/mol. The van der Waals surface area contributed by atoms with E-state index in [1.165, 1.54) is 59.6 Å². The summed E-state index contributed by atoms with van der Waals surface area (Å²) in [5.41, 5.74) is 7.22. The summed E-state index contributed by atoms with van der Waals surface area (Å²) >= 11 is 0. The molecule has 11 aromatic rings. The largest absolute Gasteiger partial charge is 0.456 e. The Bertz CT molecular complexity index is 3330. The third-order valence-corrected chi connectivity index (χ3v) is 10.9. The second kappa shape index (κ2) is 10.3. The molecule has 0 aliphatic carbocycles. The molecule has 0 radical (unpaired) electrons. The van der Waals surface area contributed by atoms with Gasteiger partial charge < -0.3 is 4.74 Å². The van der Waals surface area contributed by atoms with Gasteiger partial charge in [0.25, 0.3) is 0 Å². The molecular formula is C48H27N3O. The normalized spacial score (nSPS) is 12.4. The molecule has 4 heteroatoms. The van der Waals surface area contributed by atoms with E-state index in [2.05, 4.69) is 138 Å². The second-order valence-electron chi connectivity index (χ2n) is 13.7. The van der Waals surface area contributed by atoms with Gasteiger partial charge in [-0.15, -0.1) is 0 Å². The molecule has 4 nitrogen and oxygen atoms in total. The van der Waals surface area contributed by atoms with Crippen LogP contribution in [0.4, 0.5) is 0 Å². The predicted molar refractivity (Wildman–Crippen MR) is 215 cm³/mol. The quantitative estimate of drug-likeness (QED) is 0.173. The summed E-state index contributed by atoms with van der Waals surface area (Å²) in [5, 5.41) is 13.2. The summed E-state index contributed by atoms with van der Waals surface area (Å²) in [6.45, 7) is 0. The van der Waals surface area contributed by atoms with Crippen molar-refractivity contribution in [2.24, 2.45) is 0 Å². The molecule has 0 fully saturated rings. The fraction of sp³-hybridized carbons (Fsp3) is 0. The van der Waals surface area contributed by atoms with Gasteiger partial charge in [-0.3, -0.25) is 4.57 Å². The molecule has 1 aliphatic rings. The lowest BCUT2D eigenvalue weighted by atomic mass is 9.87. The molecule has 2 aromatic heterocycles.